The molecule has 14 heavy (non-hydrogen) atoms. The Morgan fingerprint density at radius 1 is 1.71 bits per heavy atom. The summed E-state index contributed by atoms with van der Waals surface area (Å²) in [5, 5.41) is 3.64. The third kappa shape index (κ3) is 1.28. The fourth-order valence-electron chi connectivity index (χ4n) is 1.51. The summed E-state index contributed by atoms with van der Waals surface area (Å²) in [6.45, 7) is 0.992. The molecule has 2 N–H and O–H groups in total. The number of methoxy groups -OCH3 is 1. The van der Waals surface area contributed by atoms with Crippen LogP contribution in [0.4, 0.5) is 10.6 Å². The van der Waals surface area contributed by atoms with E-state index in [0.29, 0.717) is 25.3 Å². The van der Waals surface area contributed by atoms with E-state index in [1.54, 1.807) is 4.90 Å². The highest BCUT2D eigenvalue weighted by molar-refractivity contribution is 5.68. The number of fused-ring (bicyclic) bond motifs is 1. The number of nitrogens with two attached hydrogens (primary N) is 1. The summed E-state index contributed by atoms with van der Waals surface area (Å²) in [5.74, 6) is 1.12. The topological polar surface area (TPSA) is 81.6 Å². The van der Waals surface area contributed by atoms with E-state index in [-0.39, 0.29) is 6.09 Å². The Labute approximate surface area is 80.6 Å². The van der Waals surface area contributed by atoms with Gasteiger partial charge in [-0.25, -0.2) is 4.79 Å². The lowest BCUT2D eigenvalue weighted by Gasteiger charge is -2.24. The van der Waals surface area contributed by atoms with Crippen molar-refractivity contribution in [3.05, 3.63) is 11.3 Å². The van der Waals surface area contributed by atoms with Crippen molar-refractivity contribution in [2.24, 2.45) is 0 Å². The molecule has 6 heteroatoms. The van der Waals surface area contributed by atoms with Gasteiger partial charge in [0.25, 0.3) is 0 Å². The maximum Gasteiger partial charge on any atom is 0.409 e. The van der Waals surface area contributed by atoms with Gasteiger partial charge in [-0.3, -0.25) is 0 Å². The van der Waals surface area contributed by atoms with E-state index in [0.717, 1.165) is 11.3 Å². The SMILES string of the molecule is COC(=O)N1CCc2onc(N)c2C1. The summed E-state index contributed by atoms with van der Waals surface area (Å²) in [5.41, 5.74) is 6.37. The summed E-state index contributed by atoms with van der Waals surface area (Å²) in [6.07, 6.45) is 0.283. The molecule has 2 rings (SSSR count). The number of nitrogen functional groups attached to an aromatic ring is 1. The molecule has 0 fully saturated rings. The Morgan fingerprint density at radius 3 is 3.21 bits per heavy atom. The first-order valence-corrected chi connectivity index (χ1v) is 4.28. The second-order valence-corrected chi connectivity index (χ2v) is 3.11. The van der Waals surface area contributed by atoms with Crippen LogP contribution in [0.3, 0.4) is 0 Å². The first-order chi connectivity index (χ1) is 6.72. The van der Waals surface area contributed by atoms with Crippen LogP contribution in [0.15, 0.2) is 4.52 Å². The molecule has 1 aromatic heterocycles. The van der Waals surface area contributed by atoms with Crippen LogP contribution in [0.1, 0.15) is 11.3 Å². The van der Waals surface area contributed by atoms with Crippen molar-refractivity contribution >= 4 is 11.9 Å². The van der Waals surface area contributed by atoms with Crippen LogP contribution >= 0.6 is 0 Å². The van der Waals surface area contributed by atoms with Crippen molar-refractivity contribution in [3.8, 4) is 0 Å². The van der Waals surface area contributed by atoms with Crippen molar-refractivity contribution in [2.45, 2.75) is 13.0 Å². The Kier molecular flexibility index (Phi) is 2.03. The van der Waals surface area contributed by atoms with Crippen molar-refractivity contribution in [2.75, 3.05) is 19.4 Å². The van der Waals surface area contributed by atoms with Gasteiger partial charge in [0.2, 0.25) is 0 Å². The van der Waals surface area contributed by atoms with Crippen molar-refractivity contribution < 1.29 is 14.1 Å². The molecule has 0 atom stereocenters. The highest BCUT2D eigenvalue weighted by atomic mass is 16.5. The van der Waals surface area contributed by atoms with E-state index >= 15 is 0 Å². The van der Waals surface area contributed by atoms with Crippen LogP contribution in [-0.2, 0) is 17.7 Å². The molecular weight excluding hydrogens is 186 g/mol. The lowest BCUT2D eigenvalue weighted by atomic mass is 10.1. The quantitative estimate of drug-likeness (QED) is 0.650. The fraction of sp³-hybridized carbons (Fsp3) is 0.500. The van der Waals surface area contributed by atoms with Gasteiger partial charge in [-0.2, -0.15) is 0 Å². The molecule has 1 amide bonds. The highest BCUT2D eigenvalue weighted by Gasteiger charge is 2.26. The van der Waals surface area contributed by atoms with E-state index < -0.39 is 0 Å². The maximum atomic E-state index is 11.2. The lowest BCUT2D eigenvalue weighted by molar-refractivity contribution is 0.117. The number of amides is 1. The minimum atomic E-state index is -0.351. The smallest absolute Gasteiger partial charge is 0.409 e. The number of anilines is 1. The molecule has 76 valence electrons. The molecule has 2 heterocycles. The Balaban J connectivity index is 2.20. The van der Waals surface area contributed by atoms with Crippen LogP contribution in [0.5, 0.6) is 0 Å². The first kappa shape index (κ1) is 8.86. The average molecular weight is 197 g/mol. The van der Waals surface area contributed by atoms with E-state index in [4.69, 9.17) is 10.3 Å². The van der Waals surface area contributed by atoms with E-state index in [1.807, 2.05) is 0 Å². The van der Waals surface area contributed by atoms with Gasteiger partial charge in [0.05, 0.1) is 19.2 Å². The van der Waals surface area contributed by atoms with Crippen LogP contribution in [0.25, 0.3) is 0 Å². The predicted molar refractivity (Wildman–Crippen MR) is 47.4 cm³/mol. The Morgan fingerprint density at radius 2 is 2.50 bits per heavy atom. The second-order valence-electron chi connectivity index (χ2n) is 3.11. The summed E-state index contributed by atoms with van der Waals surface area (Å²) < 4.78 is 9.61. The molecule has 1 aliphatic heterocycles. The van der Waals surface area contributed by atoms with Gasteiger partial charge in [-0.05, 0) is 0 Å². The number of carbonyl (C=O) groups excluding carboxylic acids is 1. The minimum Gasteiger partial charge on any atom is -0.453 e. The first-order valence-electron chi connectivity index (χ1n) is 4.28. The monoisotopic (exact) mass is 197 g/mol. The number of hydrogen-bond acceptors (Lipinski definition) is 5. The zero-order valence-electron chi connectivity index (χ0n) is 7.82. The molecule has 0 spiro atoms. The third-order valence-corrected chi connectivity index (χ3v) is 2.29. The second kappa shape index (κ2) is 3.21. The standard InChI is InChI=1S/C8H11N3O3/c1-13-8(12)11-3-2-6-5(4-11)7(9)10-14-6/h2-4H2,1H3,(H2,9,10). The predicted octanol–water partition coefficient (Wildman–Crippen LogP) is 0.381. The van der Waals surface area contributed by atoms with Crippen LogP contribution in [0.2, 0.25) is 0 Å². The number of aromatic nitrogens is 1. The highest BCUT2D eigenvalue weighted by Crippen LogP contribution is 2.23. The van der Waals surface area contributed by atoms with E-state index in [2.05, 4.69) is 9.89 Å². The molecule has 1 aromatic rings. The molecule has 0 radical (unpaired) electrons. The number of nitrogens with zero attached hydrogens (tertiary/aromatic N) is 2. The van der Waals surface area contributed by atoms with E-state index in [1.165, 1.54) is 7.11 Å². The zero-order valence-corrected chi connectivity index (χ0v) is 7.82. The van der Waals surface area contributed by atoms with Gasteiger partial charge in [-0.15, -0.1) is 0 Å². The molecule has 0 bridgehead atoms. The molecule has 1 aliphatic rings. The minimum absolute atomic E-state index is 0.351. The van der Waals surface area contributed by atoms with Crippen molar-refractivity contribution in [3.63, 3.8) is 0 Å². The van der Waals surface area contributed by atoms with Gasteiger partial charge in [0, 0.05) is 13.0 Å². The van der Waals surface area contributed by atoms with Gasteiger partial charge in [0.15, 0.2) is 5.82 Å². The molecule has 0 saturated carbocycles. The normalized spacial score (nSPS) is 15.1. The molecular formula is C8H11N3O3. The van der Waals surface area contributed by atoms with Gasteiger partial charge >= 0.3 is 6.09 Å². The van der Waals surface area contributed by atoms with E-state index in [9.17, 15) is 4.79 Å². The zero-order chi connectivity index (χ0) is 10.1. The maximum absolute atomic E-state index is 11.2. The number of rotatable bonds is 0. The fourth-order valence-corrected chi connectivity index (χ4v) is 1.51. The van der Waals surface area contributed by atoms with Crippen LogP contribution in [-0.4, -0.2) is 29.8 Å². The molecule has 6 nitrogen and oxygen atoms in total. The van der Waals surface area contributed by atoms with Crippen LogP contribution < -0.4 is 5.73 Å². The van der Waals surface area contributed by atoms with Gasteiger partial charge in [0.1, 0.15) is 5.76 Å². The number of carbonyl (C=O) groups is 1. The van der Waals surface area contributed by atoms with Gasteiger partial charge < -0.3 is 19.9 Å². The number of ether oxygens (including phenoxy) is 1. The largest absolute Gasteiger partial charge is 0.453 e. The van der Waals surface area contributed by atoms with Crippen molar-refractivity contribution in [1.82, 2.24) is 10.1 Å². The third-order valence-electron chi connectivity index (χ3n) is 2.29. The van der Waals surface area contributed by atoms with Crippen LogP contribution in [0, 0.1) is 0 Å². The molecule has 0 aromatic carbocycles. The summed E-state index contributed by atoms with van der Waals surface area (Å²) >= 11 is 0. The van der Waals surface area contributed by atoms with Gasteiger partial charge in [-0.1, -0.05) is 5.16 Å². The molecule has 0 unspecified atom stereocenters. The summed E-state index contributed by atoms with van der Waals surface area (Å²) in [6, 6.07) is 0. The molecule has 0 aliphatic carbocycles. The van der Waals surface area contributed by atoms with Crippen molar-refractivity contribution in [1.29, 1.82) is 0 Å². The summed E-state index contributed by atoms with van der Waals surface area (Å²) in [7, 11) is 1.36. The number of hydrogen-bond donors (Lipinski definition) is 1. The molecule has 0 saturated heterocycles. The Bertz CT molecular complexity index is 361. The average Bonchev–Trinajstić information content (AvgIpc) is 2.59. The lowest BCUT2D eigenvalue weighted by Crippen LogP contribution is -2.35. The summed E-state index contributed by atoms with van der Waals surface area (Å²) in [4.78, 5) is 12.8. The Hall–Kier alpha value is -1.72.